The summed E-state index contributed by atoms with van der Waals surface area (Å²) in [6, 6.07) is 0. The first-order chi connectivity index (χ1) is 6.45. The zero-order valence-corrected chi connectivity index (χ0v) is 8.21. The van der Waals surface area contributed by atoms with E-state index >= 15 is 0 Å². The Balaban J connectivity index is 1.69. The van der Waals surface area contributed by atoms with Gasteiger partial charge >= 0.3 is 0 Å². The highest BCUT2D eigenvalue weighted by Crippen LogP contribution is 2.13. The van der Waals surface area contributed by atoms with Crippen molar-refractivity contribution in [3.05, 3.63) is 0 Å². The van der Waals surface area contributed by atoms with E-state index in [1.54, 1.807) is 0 Å². The third-order valence-electron chi connectivity index (χ3n) is 2.84. The Morgan fingerprint density at radius 1 is 1.00 bits per heavy atom. The van der Waals surface area contributed by atoms with E-state index in [4.69, 9.17) is 9.47 Å². The van der Waals surface area contributed by atoms with Crippen molar-refractivity contribution in [2.75, 3.05) is 39.6 Å². The van der Waals surface area contributed by atoms with Crippen LogP contribution in [0.1, 0.15) is 19.3 Å². The van der Waals surface area contributed by atoms with Crippen LogP contribution in [0.25, 0.3) is 0 Å². The van der Waals surface area contributed by atoms with Crippen molar-refractivity contribution in [3.8, 4) is 0 Å². The first kappa shape index (κ1) is 9.44. The molecule has 2 fully saturated rings. The Morgan fingerprint density at radius 2 is 1.69 bits per heavy atom. The summed E-state index contributed by atoms with van der Waals surface area (Å²) in [6.07, 6.45) is 4.15. The van der Waals surface area contributed by atoms with Gasteiger partial charge in [0.1, 0.15) is 6.79 Å². The van der Waals surface area contributed by atoms with E-state index in [1.165, 1.54) is 38.9 Å². The summed E-state index contributed by atoms with van der Waals surface area (Å²) in [5.74, 6) is 0.604. The third-order valence-corrected chi connectivity index (χ3v) is 2.84. The second kappa shape index (κ2) is 4.94. The van der Waals surface area contributed by atoms with E-state index in [1.807, 2.05) is 0 Å². The first-order valence-electron chi connectivity index (χ1n) is 5.33. The van der Waals surface area contributed by atoms with Crippen LogP contribution in [0.15, 0.2) is 0 Å². The van der Waals surface area contributed by atoms with E-state index < -0.39 is 0 Å². The van der Waals surface area contributed by atoms with Gasteiger partial charge in [-0.1, -0.05) is 6.42 Å². The van der Waals surface area contributed by atoms with Crippen LogP contribution in [0.4, 0.5) is 0 Å². The number of hydrogen-bond acceptors (Lipinski definition) is 3. The van der Waals surface area contributed by atoms with E-state index in [-0.39, 0.29) is 0 Å². The Morgan fingerprint density at radius 3 is 2.38 bits per heavy atom. The lowest BCUT2D eigenvalue weighted by Crippen LogP contribution is -2.39. The maximum atomic E-state index is 5.27. The normalized spacial score (nSPS) is 27.7. The highest BCUT2D eigenvalue weighted by atomic mass is 16.7. The van der Waals surface area contributed by atoms with Gasteiger partial charge in [0.2, 0.25) is 0 Å². The van der Waals surface area contributed by atoms with Crippen molar-refractivity contribution < 1.29 is 9.47 Å². The van der Waals surface area contributed by atoms with Crippen LogP contribution in [-0.4, -0.2) is 44.5 Å². The van der Waals surface area contributed by atoms with Gasteiger partial charge in [-0.3, -0.25) is 0 Å². The first-order valence-corrected chi connectivity index (χ1v) is 5.33. The summed E-state index contributed by atoms with van der Waals surface area (Å²) < 4.78 is 10.5. The minimum Gasteiger partial charge on any atom is -0.355 e. The van der Waals surface area contributed by atoms with Crippen LogP contribution in [0.2, 0.25) is 0 Å². The fourth-order valence-electron chi connectivity index (χ4n) is 2.15. The molecule has 0 aromatic rings. The Labute approximate surface area is 80.0 Å². The molecule has 2 heterocycles. The average Bonchev–Trinajstić information content (AvgIpc) is 2.21. The summed E-state index contributed by atoms with van der Waals surface area (Å²) in [6.45, 7) is 5.98. The molecule has 0 aromatic heterocycles. The smallest absolute Gasteiger partial charge is 0.146 e. The number of hydrogen-bond donors (Lipinski definition) is 0. The Kier molecular flexibility index (Phi) is 3.58. The van der Waals surface area contributed by atoms with Crippen LogP contribution in [0.5, 0.6) is 0 Å². The molecule has 2 saturated heterocycles. The summed E-state index contributed by atoms with van der Waals surface area (Å²) in [7, 11) is 0. The Bertz CT molecular complexity index is 124. The molecule has 0 bridgehead atoms. The van der Waals surface area contributed by atoms with E-state index in [0.717, 1.165) is 13.2 Å². The topological polar surface area (TPSA) is 21.7 Å². The fraction of sp³-hybridized carbons (Fsp3) is 1.00. The molecule has 2 rings (SSSR count). The van der Waals surface area contributed by atoms with Crippen molar-refractivity contribution in [1.29, 1.82) is 0 Å². The maximum absolute atomic E-state index is 5.27. The molecule has 0 atom stereocenters. The van der Waals surface area contributed by atoms with E-state index in [2.05, 4.69) is 4.90 Å². The van der Waals surface area contributed by atoms with Gasteiger partial charge in [0.05, 0.1) is 13.2 Å². The summed E-state index contributed by atoms with van der Waals surface area (Å²) in [4.78, 5) is 2.55. The molecule has 0 radical (unpaired) electrons. The van der Waals surface area contributed by atoms with Gasteiger partial charge in [0.15, 0.2) is 0 Å². The molecule has 0 unspecified atom stereocenters. The summed E-state index contributed by atoms with van der Waals surface area (Å²) in [5.41, 5.74) is 0. The molecule has 0 aliphatic carbocycles. The second-order valence-electron chi connectivity index (χ2n) is 4.09. The third kappa shape index (κ3) is 2.93. The van der Waals surface area contributed by atoms with Crippen LogP contribution in [0.3, 0.4) is 0 Å². The SMILES string of the molecule is C1CCN(CC2COCOC2)CC1. The molecular formula is C10H19NO2. The monoisotopic (exact) mass is 185 g/mol. The number of piperidine rings is 1. The van der Waals surface area contributed by atoms with Crippen molar-refractivity contribution >= 4 is 0 Å². The van der Waals surface area contributed by atoms with Crippen molar-refractivity contribution in [2.45, 2.75) is 19.3 Å². The van der Waals surface area contributed by atoms with Crippen molar-refractivity contribution in [1.82, 2.24) is 4.90 Å². The Hall–Kier alpha value is -0.120. The molecule has 2 aliphatic rings. The number of likely N-dealkylation sites (tertiary alicyclic amines) is 1. The summed E-state index contributed by atoms with van der Waals surface area (Å²) >= 11 is 0. The molecule has 0 N–H and O–H groups in total. The van der Waals surface area contributed by atoms with E-state index in [0.29, 0.717) is 12.7 Å². The van der Waals surface area contributed by atoms with Gasteiger partial charge in [-0.05, 0) is 25.9 Å². The van der Waals surface area contributed by atoms with Gasteiger partial charge < -0.3 is 14.4 Å². The predicted molar refractivity (Wildman–Crippen MR) is 50.6 cm³/mol. The lowest BCUT2D eigenvalue weighted by Gasteiger charge is -2.31. The summed E-state index contributed by atoms with van der Waals surface area (Å²) in [5, 5.41) is 0. The maximum Gasteiger partial charge on any atom is 0.146 e. The zero-order chi connectivity index (χ0) is 8.93. The second-order valence-corrected chi connectivity index (χ2v) is 4.09. The quantitative estimate of drug-likeness (QED) is 0.643. The predicted octanol–water partition coefficient (Wildman–Crippen LogP) is 1.09. The lowest BCUT2D eigenvalue weighted by atomic mass is 10.1. The van der Waals surface area contributed by atoms with Gasteiger partial charge in [-0.25, -0.2) is 0 Å². The highest BCUT2D eigenvalue weighted by Gasteiger charge is 2.19. The zero-order valence-electron chi connectivity index (χ0n) is 8.21. The van der Waals surface area contributed by atoms with Crippen molar-refractivity contribution in [2.24, 2.45) is 5.92 Å². The molecule has 0 spiro atoms. The molecular weight excluding hydrogens is 166 g/mol. The molecule has 3 heteroatoms. The van der Waals surface area contributed by atoms with Gasteiger partial charge in [-0.15, -0.1) is 0 Å². The number of ether oxygens (including phenoxy) is 2. The number of nitrogens with zero attached hydrogens (tertiary/aromatic N) is 1. The molecule has 3 nitrogen and oxygen atoms in total. The standard InChI is InChI=1S/C10H19NO2/c1-2-4-11(5-3-1)6-10-7-12-9-13-8-10/h10H,1-9H2. The van der Waals surface area contributed by atoms with Crippen LogP contribution >= 0.6 is 0 Å². The van der Waals surface area contributed by atoms with Crippen LogP contribution < -0.4 is 0 Å². The average molecular weight is 185 g/mol. The molecule has 76 valence electrons. The minimum absolute atomic E-state index is 0.497. The lowest BCUT2D eigenvalue weighted by molar-refractivity contribution is -0.130. The van der Waals surface area contributed by atoms with Crippen molar-refractivity contribution in [3.63, 3.8) is 0 Å². The largest absolute Gasteiger partial charge is 0.355 e. The molecule has 0 amide bonds. The number of rotatable bonds is 2. The van der Waals surface area contributed by atoms with E-state index in [9.17, 15) is 0 Å². The van der Waals surface area contributed by atoms with Crippen LogP contribution in [0, 0.1) is 5.92 Å². The fourth-order valence-corrected chi connectivity index (χ4v) is 2.15. The van der Waals surface area contributed by atoms with Gasteiger partial charge in [0.25, 0.3) is 0 Å². The van der Waals surface area contributed by atoms with Gasteiger partial charge in [-0.2, -0.15) is 0 Å². The molecule has 2 aliphatic heterocycles. The molecule has 0 aromatic carbocycles. The molecule has 0 saturated carbocycles. The molecule has 13 heavy (non-hydrogen) atoms. The van der Waals surface area contributed by atoms with Crippen LogP contribution in [-0.2, 0) is 9.47 Å². The minimum atomic E-state index is 0.497. The van der Waals surface area contributed by atoms with Gasteiger partial charge in [0, 0.05) is 12.5 Å². The highest BCUT2D eigenvalue weighted by molar-refractivity contribution is 4.70.